The summed E-state index contributed by atoms with van der Waals surface area (Å²) in [6, 6.07) is 6.52. The average molecular weight is 532 g/mol. The molecule has 174 valence electrons. The number of ether oxygens (including phenoxy) is 1. The smallest absolute Gasteiger partial charge is 0.258 e. The molecule has 1 atom stereocenters. The van der Waals surface area contributed by atoms with Crippen LogP contribution < -0.4 is 21.1 Å². The van der Waals surface area contributed by atoms with Gasteiger partial charge in [-0.3, -0.25) is 15.5 Å². The molecule has 12 heteroatoms. The minimum absolute atomic E-state index is 0. The van der Waals surface area contributed by atoms with Gasteiger partial charge in [0.05, 0.1) is 4.34 Å². The number of benzene rings is 1. The van der Waals surface area contributed by atoms with Gasteiger partial charge in [0.2, 0.25) is 0 Å². The molecule has 1 aromatic carbocycles. The van der Waals surface area contributed by atoms with Crippen LogP contribution in [0.3, 0.4) is 0 Å². The maximum absolute atomic E-state index is 12.3. The monoisotopic (exact) mass is 530 g/mol. The minimum atomic E-state index is -0.744. The highest BCUT2D eigenvalue weighted by atomic mass is 35.5. The van der Waals surface area contributed by atoms with Gasteiger partial charge in [0.1, 0.15) is 22.8 Å². The van der Waals surface area contributed by atoms with E-state index in [0.717, 1.165) is 0 Å². The third-order valence-electron chi connectivity index (χ3n) is 3.70. The van der Waals surface area contributed by atoms with Crippen LogP contribution in [0.4, 0.5) is 0 Å². The summed E-state index contributed by atoms with van der Waals surface area (Å²) in [5, 5.41) is 22.8. The molecule has 1 heterocycles. The highest BCUT2D eigenvalue weighted by molar-refractivity contribution is 7.20. The summed E-state index contributed by atoms with van der Waals surface area (Å²) in [5.74, 6) is -0.663. The lowest BCUT2D eigenvalue weighted by atomic mass is 10.0. The van der Waals surface area contributed by atoms with E-state index < -0.39 is 18.0 Å². The molecule has 1 aromatic heterocycles. The van der Waals surface area contributed by atoms with E-state index in [-0.39, 0.29) is 42.5 Å². The highest BCUT2D eigenvalue weighted by Gasteiger charge is 2.16. The van der Waals surface area contributed by atoms with Gasteiger partial charge in [-0.05, 0) is 50.6 Å². The summed E-state index contributed by atoms with van der Waals surface area (Å²) >= 11 is 13.5. The fourth-order valence-electron chi connectivity index (χ4n) is 2.38. The molecule has 0 aliphatic rings. The maximum Gasteiger partial charge on any atom is 0.258 e. The number of nitrogens with one attached hydrogen (secondary N) is 3. The van der Waals surface area contributed by atoms with Crippen molar-refractivity contribution in [2.75, 3.05) is 13.2 Å². The Balaban J connectivity index is 0.00000450. The normalized spacial score (nSPS) is 11.7. The molecule has 1 unspecified atom stereocenters. The standard InChI is InChI=1S/C19H24Cl2N4O3S.2ClH/c1-19(2,3)24-8-12(26)9-28-13-5-10(14-7-15(20)29-16(14)21)4-11(6-13)17(27)25-18(22)23;;/h4-7,12,24,26H,8-9H2,1-3H3,(H4,22,23,25,27);2*1H. The number of halogens is 4. The molecule has 0 fully saturated rings. The minimum Gasteiger partial charge on any atom is -0.491 e. The summed E-state index contributed by atoms with van der Waals surface area (Å²) < 4.78 is 6.69. The predicted molar refractivity (Wildman–Crippen MR) is 133 cm³/mol. The Labute approximate surface area is 208 Å². The number of hydrogen-bond acceptors (Lipinski definition) is 6. The first-order valence-corrected chi connectivity index (χ1v) is 10.3. The molecule has 2 aromatic rings. The Hall–Kier alpha value is -1.26. The zero-order valence-electron chi connectivity index (χ0n) is 17.1. The topological polar surface area (TPSA) is 120 Å². The molecule has 0 bridgehead atoms. The first kappa shape index (κ1) is 29.7. The average Bonchev–Trinajstić information content (AvgIpc) is 2.95. The largest absolute Gasteiger partial charge is 0.491 e. The molecule has 1 amide bonds. The van der Waals surface area contributed by atoms with Gasteiger partial charge in [-0.25, -0.2) is 0 Å². The Morgan fingerprint density at radius 2 is 1.90 bits per heavy atom. The van der Waals surface area contributed by atoms with Crippen molar-refractivity contribution in [3.05, 3.63) is 38.5 Å². The second kappa shape index (κ2) is 12.7. The fourth-order valence-corrected chi connectivity index (χ4v) is 3.88. The van der Waals surface area contributed by atoms with Crippen LogP contribution in [0.25, 0.3) is 11.1 Å². The van der Waals surface area contributed by atoms with Crippen molar-refractivity contribution in [1.82, 2.24) is 10.6 Å². The summed E-state index contributed by atoms with van der Waals surface area (Å²) in [6.07, 6.45) is -0.744. The second-order valence-corrected chi connectivity index (χ2v) is 9.73. The lowest BCUT2D eigenvalue weighted by Gasteiger charge is -2.23. The summed E-state index contributed by atoms with van der Waals surface area (Å²) in [6.45, 7) is 6.38. The number of rotatable bonds is 7. The van der Waals surface area contributed by atoms with Gasteiger partial charge in [-0.1, -0.05) is 23.2 Å². The molecular weight excluding hydrogens is 506 g/mol. The quantitative estimate of drug-likeness (QED) is 0.269. The Bertz CT molecular complexity index is 903. The Morgan fingerprint density at radius 1 is 1.26 bits per heavy atom. The number of carbonyl (C=O) groups is 1. The molecule has 0 spiro atoms. The van der Waals surface area contributed by atoms with Gasteiger partial charge in [0.25, 0.3) is 5.91 Å². The van der Waals surface area contributed by atoms with E-state index in [1.165, 1.54) is 17.4 Å². The zero-order valence-corrected chi connectivity index (χ0v) is 21.1. The molecule has 0 aliphatic carbocycles. The predicted octanol–water partition coefficient (Wildman–Crippen LogP) is 4.32. The van der Waals surface area contributed by atoms with Crippen LogP contribution in [0.15, 0.2) is 24.3 Å². The van der Waals surface area contributed by atoms with Gasteiger partial charge in [0.15, 0.2) is 5.96 Å². The number of β-amino-alcohol motifs (C(OH)–C–C–N with tert-alkyl or cyclic N) is 1. The van der Waals surface area contributed by atoms with Gasteiger partial charge < -0.3 is 20.9 Å². The van der Waals surface area contributed by atoms with Gasteiger partial charge in [-0.2, -0.15) is 0 Å². The van der Waals surface area contributed by atoms with Crippen LogP contribution in [-0.2, 0) is 0 Å². The van der Waals surface area contributed by atoms with E-state index in [4.69, 9.17) is 39.1 Å². The van der Waals surface area contributed by atoms with Crippen molar-refractivity contribution >= 4 is 71.2 Å². The molecule has 0 aliphatic heterocycles. The lowest BCUT2D eigenvalue weighted by Crippen LogP contribution is -2.42. The van der Waals surface area contributed by atoms with Crippen molar-refractivity contribution < 1.29 is 14.6 Å². The van der Waals surface area contributed by atoms with Crippen LogP contribution in [-0.4, -0.2) is 41.8 Å². The van der Waals surface area contributed by atoms with Crippen LogP contribution in [0.1, 0.15) is 31.1 Å². The first-order chi connectivity index (χ1) is 13.4. The van der Waals surface area contributed by atoms with Crippen molar-refractivity contribution in [2.24, 2.45) is 5.73 Å². The third-order valence-corrected chi connectivity index (χ3v) is 5.18. The highest BCUT2D eigenvalue weighted by Crippen LogP contribution is 2.39. The van der Waals surface area contributed by atoms with Crippen LogP contribution in [0.5, 0.6) is 5.75 Å². The van der Waals surface area contributed by atoms with E-state index >= 15 is 0 Å². The van der Waals surface area contributed by atoms with Crippen LogP contribution in [0, 0.1) is 5.41 Å². The molecule has 0 saturated carbocycles. The summed E-state index contributed by atoms with van der Waals surface area (Å²) in [7, 11) is 0. The SMILES string of the molecule is CC(C)(C)NCC(O)COc1cc(C(=O)NC(=N)N)cc(-c2cc(Cl)sc2Cl)c1.Cl.Cl. The Morgan fingerprint density at radius 3 is 2.42 bits per heavy atom. The maximum atomic E-state index is 12.3. The molecule has 2 rings (SSSR count). The molecule has 0 radical (unpaired) electrons. The molecule has 7 nitrogen and oxygen atoms in total. The summed E-state index contributed by atoms with van der Waals surface area (Å²) in [5.41, 5.74) is 6.62. The van der Waals surface area contributed by atoms with Crippen LogP contribution >= 0.6 is 59.4 Å². The molecule has 31 heavy (non-hydrogen) atoms. The second-order valence-electron chi connectivity index (χ2n) is 7.45. The van der Waals surface area contributed by atoms with Crippen molar-refractivity contribution in [2.45, 2.75) is 32.4 Å². The number of carbonyl (C=O) groups excluding carboxylic acids is 1. The zero-order chi connectivity index (χ0) is 21.8. The van der Waals surface area contributed by atoms with E-state index in [1.54, 1.807) is 18.2 Å². The molecule has 0 saturated heterocycles. The van der Waals surface area contributed by atoms with E-state index in [0.29, 0.717) is 32.1 Å². The number of nitrogens with two attached hydrogens (primary N) is 1. The van der Waals surface area contributed by atoms with Gasteiger partial charge in [0, 0.05) is 23.2 Å². The van der Waals surface area contributed by atoms with Crippen molar-refractivity contribution in [1.29, 1.82) is 5.41 Å². The number of aliphatic hydroxyl groups excluding tert-OH is 1. The van der Waals surface area contributed by atoms with Crippen molar-refractivity contribution in [3.8, 4) is 16.9 Å². The molecule has 6 N–H and O–H groups in total. The summed E-state index contributed by atoms with van der Waals surface area (Å²) in [4.78, 5) is 12.3. The number of amides is 1. The number of aliphatic hydroxyl groups is 1. The molecular formula is C19H26Cl4N4O3S. The fraction of sp³-hybridized carbons (Fsp3) is 0.368. The van der Waals surface area contributed by atoms with Crippen LogP contribution in [0.2, 0.25) is 8.67 Å². The van der Waals surface area contributed by atoms with E-state index in [1.807, 2.05) is 20.8 Å². The van der Waals surface area contributed by atoms with E-state index in [2.05, 4.69) is 10.6 Å². The number of guanidine groups is 1. The van der Waals surface area contributed by atoms with Gasteiger partial charge >= 0.3 is 0 Å². The van der Waals surface area contributed by atoms with E-state index in [9.17, 15) is 9.90 Å². The number of hydrogen-bond donors (Lipinski definition) is 5. The first-order valence-electron chi connectivity index (χ1n) is 8.76. The Kier molecular flexibility index (Phi) is 12.2. The lowest BCUT2D eigenvalue weighted by molar-refractivity contribution is 0.0970. The third kappa shape index (κ3) is 9.82. The van der Waals surface area contributed by atoms with Gasteiger partial charge in [-0.15, -0.1) is 36.2 Å². The van der Waals surface area contributed by atoms with Crippen molar-refractivity contribution in [3.63, 3.8) is 0 Å². The number of thiophene rings is 1.